The monoisotopic (exact) mass is 423 g/mol. The molecule has 0 spiro atoms. The first kappa shape index (κ1) is 19.2. The quantitative estimate of drug-likeness (QED) is 0.473. The average molecular weight is 424 g/mol. The second-order valence-corrected chi connectivity index (χ2v) is 8.67. The standard InChI is InChI=1S/C22H18ClN3O2S/c1-16-8-5-6-13-20(16)21-15-26(18-10-7-9-17(23)14-18)24-22(21)25-29(27,28)19-11-3-2-4-12-19/h2-15H,1H3,(H,24,25). The van der Waals surface area contributed by atoms with Crippen molar-refractivity contribution in [1.82, 2.24) is 9.78 Å². The first-order valence-electron chi connectivity index (χ1n) is 8.93. The van der Waals surface area contributed by atoms with Crippen LogP contribution in [-0.4, -0.2) is 18.2 Å². The lowest BCUT2D eigenvalue weighted by Gasteiger charge is -2.09. The van der Waals surface area contributed by atoms with Crippen LogP contribution in [-0.2, 0) is 10.0 Å². The highest BCUT2D eigenvalue weighted by atomic mass is 35.5. The van der Waals surface area contributed by atoms with Crippen molar-refractivity contribution in [1.29, 1.82) is 0 Å². The first-order valence-corrected chi connectivity index (χ1v) is 10.8. The largest absolute Gasteiger partial charge is 0.263 e. The van der Waals surface area contributed by atoms with Gasteiger partial charge >= 0.3 is 0 Å². The third-order valence-electron chi connectivity index (χ3n) is 4.51. The summed E-state index contributed by atoms with van der Waals surface area (Å²) in [5.74, 6) is 0.253. The minimum absolute atomic E-state index is 0.174. The second kappa shape index (κ2) is 7.73. The zero-order chi connectivity index (χ0) is 20.4. The summed E-state index contributed by atoms with van der Waals surface area (Å²) in [5, 5.41) is 5.09. The number of hydrogen-bond donors (Lipinski definition) is 1. The van der Waals surface area contributed by atoms with Gasteiger partial charge in [0.25, 0.3) is 10.0 Å². The van der Waals surface area contributed by atoms with Crippen LogP contribution in [0.4, 0.5) is 5.82 Å². The molecule has 0 saturated carbocycles. The molecular weight excluding hydrogens is 406 g/mol. The zero-order valence-corrected chi connectivity index (χ0v) is 17.2. The summed E-state index contributed by atoms with van der Waals surface area (Å²) in [6.07, 6.45) is 1.80. The molecule has 0 radical (unpaired) electrons. The Morgan fingerprint density at radius 2 is 1.62 bits per heavy atom. The van der Waals surface area contributed by atoms with Crippen LogP contribution in [0.3, 0.4) is 0 Å². The van der Waals surface area contributed by atoms with Gasteiger partial charge < -0.3 is 0 Å². The lowest BCUT2D eigenvalue weighted by molar-refractivity contribution is 0.601. The van der Waals surface area contributed by atoms with Crippen molar-refractivity contribution in [2.24, 2.45) is 0 Å². The molecule has 29 heavy (non-hydrogen) atoms. The number of anilines is 1. The molecule has 0 saturated heterocycles. The van der Waals surface area contributed by atoms with Crippen LogP contribution < -0.4 is 4.72 Å². The minimum atomic E-state index is -3.79. The van der Waals surface area contributed by atoms with Gasteiger partial charge in [-0.15, -0.1) is 5.10 Å². The predicted octanol–water partition coefficient (Wildman–Crippen LogP) is 5.30. The van der Waals surface area contributed by atoms with Gasteiger partial charge in [0.15, 0.2) is 5.82 Å². The van der Waals surface area contributed by atoms with Crippen LogP contribution in [0.1, 0.15) is 5.56 Å². The van der Waals surface area contributed by atoms with Crippen molar-refractivity contribution in [2.75, 3.05) is 4.72 Å². The number of nitrogens with one attached hydrogen (secondary N) is 1. The number of benzene rings is 3. The molecule has 0 bridgehead atoms. The Labute approximate surface area is 174 Å². The van der Waals surface area contributed by atoms with E-state index < -0.39 is 10.0 Å². The number of rotatable bonds is 5. The van der Waals surface area contributed by atoms with Crippen molar-refractivity contribution in [3.63, 3.8) is 0 Å². The Hall–Kier alpha value is -3.09. The molecule has 0 aliphatic heterocycles. The summed E-state index contributed by atoms with van der Waals surface area (Å²) < 4.78 is 30.0. The molecule has 5 nitrogen and oxygen atoms in total. The van der Waals surface area contributed by atoms with Crippen LogP contribution in [0, 0.1) is 6.92 Å². The summed E-state index contributed by atoms with van der Waals surface area (Å²) in [6.45, 7) is 1.97. The second-order valence-electron chi connectivity index (χ2n) is 6.55. The molecule has 0 fully saturated rings. The predicted molar refractivity (Wildman–Crippen MR) is 116 cm³/mol. The van der Waals surface area contributed by atoms with E-state index >= 15 is 0 Å². The number of halogens is 1. The Kier molecular flexibility index (Phi) is 5.13. The summed E-state index contributed by atoms with van der Waals surface area (Å²) >= 11 is 6.12. The van der Waals surface area contributed by atoms with E-state index in [0.717, 1.165) is 16.8 Å². The fraction of sp³-hybridized carbons (Fsp3) is 0.0455. The van der Waals surface area contributed by atoms with Crippen molar-refractivity contribution in [2.45, 2.75) is 11.8 Å². The maximum Gasteiger partial charge on any atom is 0.263 e. The van der Waals surface area contributed by atoms with E-state index in [2.05, 4.69) is 9.82 Å². The Morgan fingerprint density at radius 1 is 0.897 bits per heavy atom. The molecule has 7 heteroatoms. The van der Waals surface area contributed by atoms with Crippen LogP contribution in [0.5, 0.6) is 0 Å². The van der Waals surface area contributed by atoms with Gasteiger partial charge in [0.2, 0.25) is 0 Å². The van der Waals surface area contributed by atoms with E-state index in [4.69, 9.17) is 11.6 Å². The highest BCUT2D eigenvalue weighted by Crippen LogP contribution is 2.32. The molecule has 4 aromatic rings. The number of sulfonamides is 1. The van der Waals surface area contributed by atoms with Gasteiger partial charge in [-0.2, -0.15) is 0 Å². The highest BCUT2D eigenvalue weighted by molar-refractivity contribution is 7.92. The van der Waals surface area contributed by atoms with Crippen molar-refractivity contribution in [3.05, 3.63) is 95.6 Å². The fourth-order valence-corrected chi connectivity index (χ4v) is 4.28. The van der Waals surface area contributed by atoms with Crippen LogP contribution in [0.2, 0.25) is 5.02 Å². The van der Waals surface area contributed by atoms with Gasteiger partial charge in [0, 0.05) is 16.8 Å². The Bertz CT molecular complexity index is 1270. The van der Waals surface area contributed by atoms with Gasteiger partial charge in [0.05, 0.1) is 10.6 Å². The Balaban J connectivity index is 1.85. The molecule has 1 aromatic heterocycles. The summed E-state index contributed by atoms with van der Waals surface area (Å²) in [7, 11) is -3.79. The van der Waals surface area contributed by atoms with Crippen molar-refractivity contribution < 1.29 is 8.42 Å². The van der Waals surface area contributed by atoms with E-state index in [1.807, 2.05) is 43.3 Å². The normalized spacial score (nSPS) is 11.4. The van der Waals surface area contributed by atoms with Gasteiger partial charge in [-0.25, -0.2) is 13.1 Å². The highest BCUT2D eigenvalue weighted by Gasteiger charge is 2.20. The van der Waals surface area contributed by atoms with Crippen molar-refractivity contribution >= 4 is 27.4 Å². The third kappa shape index (κ3) is 4.04. The van der Waals surface area contributed by atoms with E-state index in [0.29, 0.717) is 10.6 Å². The maximum atomic E-state index is 12.9. The Morgan fingerprint density at radius 3 is 2.34 bits per heavy atom. The van der Waals surface area contributed by atoms with Crippen LogP contribution in [0.25, 0.3) is 16.8 Å². The smallest absolute Gasteiger partial charge is 0.261 e. The molecule has 1 heterocycles. The van der Waals surface area contributed by atoms with Gasteiger partial charge in [-0.05, 0) is 48.4 Å². The third-order valence-corrected chi connectivity index (χ3v) is 6.10. The van der Waals surface area contributed by atoms with Crippen LogP contribution >= 0.6 is 11.6 Å². The van der Waals surface area contributed by atoms with Gasteiger partial charge in [0.1, 0.15) is 0 Å². The fourth-order valence-electron chi connectivity index (χ4n) is 3.06. The van der Waals surface area contributed by atoms with Crippen molar-refractivity contribution in [3.8, 4) is 16.8 Å². The van der Waals surface area contributed by atoms with E-state index in [1.165, 1.54) is 0 Å². The van der Waals surface area contributed by atoms with Gasteiger partial charge in [-0.3, -0.25) is 4.72 Å². The lowest BCUT2D eigenvalue weighted by atomic mass is 10.0. The molecule has 0 amide bonds. The van der Waals surface area contributed by atoms with Gasteiger partial charge in [-0.1, -0.05) is 60.1 Å². The molecule has 1 N–H and O–H groups in total. The summed E-state index contributed by atoms with van der Waals surface area (Å²) in [6, 6.07) is 23.2. The molecular formula is C22H18ClN3O2S. The summed E-state index contributed by atoms with van der Waals surface area (Å²) in [4.78, 5) is 0.174. The lowest BCUT2D eigenvalue weighted by Crippen LogP contribution is -2.14. The number of aromatic nitrogens is 2. The zero-order valence-electron chi connectivity index (χ0n) is 15.6. The maximum absolute atomic E-state index is 12.9. The topological polar surface area (TPSA) is 64.0 Å². The number of aryl methyl sites for hydroxylation is 1. The molecule has 0 aliphatic carbocycles. The molecule has 0 aliphatic rings. The van der Waals surface area contributed by atoms with Crippen LogP contribution in [0.15, 0.2) is 90.0 Å². The SMILES string of the molecule is Cc1ccccc1-c1cn(-c2cccc(Cl)c2)nc1NS(=O)(=O)c1ccccc1. The summed E-state index contributed by atoms with van der Waals surface area (Å²) in [5.41, 5.74) is 3.32. The van der Waals surface area contributed by atoms with E-state index in [1.54, 1.807) is 53.3 Å². The molecule has 0 atom stereocenters. The first-order chi connectivity index (χ1) is 13.9. The molecule has 4 rings (SSSR count). The van der Waals surface area contributed by atoms with E-state index in [9.17, 15) is 8.42 Å². The molecule has 3 aromatic carbocycles. The van der Waals surface area contributed by atoms with E-state index in [-0.39, 0.29) is 10.7 Å². The number of hydrogen-bond acceptors (Lipinski definition) is 3. The number of nitrogens with zero attached hydrogens (tertiary/aromatic N) is 2. The molecule has 0 unspecified atom stereocenters. The average Bonchev–Trinajstić information content (AvgIpc) is 3.12. The minimum Gasteiger partial charge on any atom is -0.261 e. The molecule has 146 valence electrons.